The predicted molar refractivity (Wildman–Crippen MR) is 496 cm³/mol. The van der Waals surface area contributed by atoms with E-state index in [1.54, 1.807) is 45.0 Å². The van der Waals surface area contributed by atoms with Crippen LogP contribution in [0.15, 0.2) is 362 Å². The van der Waals surface area contributed by atoms with Gasteiger partial charge in [0.25, 0.3) is 41.1 Å². The second kappa shape index (κ2) is 47.0. The summed E-state index contributed by atoms with van der Waals surface area (Å²) in [6.07, 6.45) is -0.0809. The summed E-state index contributed by atoms with van der Waals surface area (Å²) in [4.78, 5) is 150. The number of aromatic carboxylic acids is 1. The molecular weight excluding hydrogens is 1710 g/mol. The van der Waals surface area contributed by atoms with Gasteiger partial charge in [-0.15, -0.1) is 5.06 Å². The number of amides is 5. The maximum absolute atomic E-state index is 12.8. The van der Waals surface area contributed by atoms with E-state index in [2.05, 4.69) is 16.0 Å². The Hall–Kier alpha value is -17.6. The third kappa shape index (κ3) is 27.3. The molecule has 0 saturated carbocycles. The molecule has 16 rings (SSSR count). The molecule has 5 aromatic heterocycles. The molecule has 0 bridgehead atoms. The Kier molecular flexibility index (Phi) is 33.5. The summed E-state index contributed by atoms with van der Waals surface area (Å²) in [6.45, 7) is 9.08. The van der Waals surface area contributed by atoms with Crippen LogP contribution in [-0.4, -0.2) is 56.8 Å². The van der Waals surface area contributed by atoms with Gasteiger partial charge < -0.3 is 72.0 Å². The number of carboxylic acids is 1. The normalized spacial score (nSPS) is 11.1. The molecule has 5 amide bonds. The van der Waals surface area contributed by atoms with Crippen molar-refractivity contribution in [2.24, 2.45) is 0 Å². The van der Waals surface area contributed by atoms with Crippen molar-refractivity contribution in [3.8, 4) is 62.1 Å². The van der Waals surface area contributed by atoms with Crippen LogP contribution in [0.25, 0.3) is 33.4 Å². The number of imide groups is 1. The van der Waals surface area contributed by atoms with Gasteiger partial charge in [0.2, 0.25) is 73.2 Å². The molecule has 134 heavy (non-hydrogen) atoms. The van der Waals surface area contributed by atoms with Crippen molar-refractivity contribution >= 4 is 41.5 Å². The number of nitrogens with one attached hydrogen (secondary N) is 3. The number of hydrogen-bond acceptors (Lipinski definition) is 23. The van der Waals surface area contributed by atoms with Crippen LogP contribution in [0.5, 0.6) is 28.7 Å². The lowest BCUT2D eigenvalue weighted by atomic mass is 10.0. The van der Waals surface area contributed by atoms with E-state index in [0.29, 0.717) is 29.7 Å². The Morgan fingerprint density at radius 1 is 0.291 bits per heavy atom. The number of carboxylic acid groups (broad SMARTS) is 1. The number of aryl methyl sites for hydroxylation is 5. The Morgan fingerprint density at radius 2 is 0.522 bits per heavy atom. The summed E-state index contributed by atoms with van der Waals surface area (Å²) < 4.78 is 48.7. The number of aromatic hydroxyl groups is 1. The summed E-state index contributed by atoms with van der Waals surface area (Å²) in [7, 11) is 0. The summed E-state index contributed by atoms with van der Waals surface area (Å²) >= 11 is 0. The number of ether oxygens (including phenoxy) is 4. The van der Waals surface area contributed by atoms with Gasteiger partial charge in [-0.2, -0.15) is 0 Å². The molecule has 0 spiro atoms. The summed E-state index contributed by atoms with van der Waals surface area (Å²) in [6, 6.07) is 96.9. The molecule has 1 aliphatic rings. The smallest absolute Gasteiger partial charge is 0.403 e. The van der Waals surface area contributed by atoms with Crippen LogP contribution in [0.4, 0.5) is 0 Å². The molecule has 0 radical (unpaired) electrons. The lowest BCUT2D eigenvalue weighted by Crippen LogP contribution is -2.32. The van der Waals surface area contributed by atoms with E-state index in [-0.39, 0.29) is 114 Å². The number of rotatable bonds is 27. The number of carbonyl (C=O) groups excluding carboxylic acids is 6. The third-order valence-electron chi connectivity index (χ3n) is 19.8. The average molecular weight is 1800 g/mol. The first-order chi connectivity index (χ1) is 64.8. The Bertz CT molecular complexity index is 6700. The van der Waals surface area contributed by atoms with Gasteiger partial charge in [0.05, 0.1) is 0 Å². The lowest BCUT2D eigenvalue weighted by Gasteiger charge is -2.14. The number of nitrogens with zero attached hydrogens (tertiary/aromatic N) is 1. The molecule has 1 saturated heterocycles. The van der Waals surface area contributed by atoms with Crippen molar-refractivity contribution in [1.29, 1.82) is 0 Å². The largest absolute Gasteiger partial charge is 0.501 e. The van der Waals surface area contributed by atoms with E-state index in [1.165, 1.54) is 38.1 Å². The van der Waals surface area contributed by atoms with Crippen LogP contribution >= 0.6 is 0 Å². The number of hydrogen-bond donors (Lipinski definition) is 5. The molecule has 678 valence electrons. The van der Waals surface area contributed by atoms with Crippen molar-refractivity contribution in [2.45, 2.75) is 93.5 Å². The van der Waals surface area contributed by atoms with Crippen molar-refractivity contribution in [3.05, 3.63) is 463 Å². The third-order valence-corrected chi connectivity index (χ3v) is 19.8. The zero-order valence-electron chi connectivity index (χ0n) is 73.2. The number of benzene rings is 10. The molecule has 28 heteroatoms. The molecular formula is C106H90N4O24. The summed E-state index contributed by atoms with van der Waals surface area (Å²) in [5.74, 6) is -7.09. The molecule has 1 fully saturated rings. The molecule has 28 nitrogen and oxygen atoms in total. The molecule has 10 aromatic carbocycles. The van der Waals surface area contributed by atoms with Crippen molar-refractivity contribution < 1.29 is 89.6 Å². The first-order valence-electron chi connectivity index (χ1n) is 42.0. The van der Waals surface area contributed by atoms with Crippen molar-refractivity contribution in [1.82, 2.24) is 21.0 Å². The predicted octanol–water partition coefficient (Wildman–Crippen LogP) is 17.5. The molecule has 0 unspecified atom stereocenters. The molecule has 1 aliphatic heterocycles. The summed E-state index contributed by atoms with van der Waals surface area (Å²) in [5.41, 5.74) is 10.3. The molecule has 0 aliphatic carbocycles. The quantitative estimate of drug-likeness (QED) is 0.0299. The van der Waals surface area contributed by atoms with E-state index < -0.39 is 75.0 Å². The molecule has 5 N–H and O–H groups in total. The highest BCUT2D eigenvalue weighted by Crippen LogP contribution is 2.28. The highest BCUT2D eigenvalue weighted by Gasteiger charge is 2.36. The van der Waals surface area contributed by atoms with Crippen LogP contribution in [0.1, 0.15) is 133 Å². The first-order valence-corrected chi connectivity index (χ1v) is 42.0. The fourth-order valence-electron chi connectivity index (χ4n) is 13.1. The Labute approximate surface area is 766 Å². The maximum atomic E-state index is 12.8. The second-order valence-electron chi connectivity index (χ2n) is 30.0. The van der Waals surface area contributed by atoms with Gasteiger partial charge in [0.1, 0.15) is 55.2 Å². The standard InChI is InChI=1S/2C27H23NO4.C20H17NO4.C18H15NO7.C14H12O5/c2*1-19-16-24(29)25(31-18-21-8-4-2-5-9-21)26(32-19)27(30)28-17-20-12-14-23(15-13-20)22-10-6-3-7-11-22;1-13-11-17(22)18(23)19(25-13)20(24)21-12-14-7-9-16(10-8-14)15-5-3-2-4-6-15;1-11-9-13(20)16(24-10-12-5-3-2-4-6-12)17(25-11)18(23)26-19-14(21)7-8-15(19)22;1-9-7-11(15)12(13(19-9)14(16)17)18-8-10-5-3-2-4-6-10/h2*2-16H,17-18H2,1H3,(H,28,30);2-11,23H,12H2,1H3,(H,21,24);2-6,9H,7-8,10H2,1H3;2-7H,8H2,1H3,(H,16,17). The van der Waals surface area contributed by atoms with Gasteiger partial charge in [0.15, 0.2) is 0 Å². The molecule has 0 atom stereocenters. The van der Waals surface area contributed by atoms with E-state index >= 15 is 0 Å². The van der Waals surface area contributed by atoms with E-state index in [9.17, 15) is 62.6 Å². The van der Waals surface area contributed by atoms with Gasteiger partial charge in [0, 0.05) is 62.8 Å². The highest BCUT2D eigenvalue weighted by molar-refractivity contribution is 6.03. The van der Waals surface area contributed by atoms with Crippen LogP contribution in [-0.2, 0) is 60.5 Å². The minimum absolute atomic E-state index is 0.0243. The van der Waals surface area contributed by atoms with Gasteiger partial charge in [-0.25, -0.2) is 9.59 Å². The number of hydroxylamine groups is 2. The zero-order valence-corrected chi connectivity index (χ0v) is 73.2. The topological polar surface area (TPSA) is 396 Å². The fourth-order valence-corrected chi connectivity index (χ4v) is 13.1. The van der Waals surface area contributed by atoms with E-state index in [4.69, 9.17) is 51.0 Å². The zero-order chi connectivity index (χ0) is 95.0. The molecule has 6 heterocycles. The van der Waals surface area contributed by atoms with Crippen LogP contribution in [0, 0.1) is 34.6 Å². The van der Waals surface area contributed by atoms with Crippen LogP contribution < -0.4 is 62.0 Å². The minimum atomic E-state index is -1.33. The lowest BCUT2D eigenvalue weighted by molar-refractivity contribution is -0.173. The molecule has 15 aromatic rings. The van der Waals surface area contributed by atoms with Crippen LogP contribution in [0.2, 0.25) is 0 Å². The van der Waals surface area contributed by atoms with E-state index in [0.717, 1.165) is 78.4 Å². The Morgan fingerprint density at radius 3 is 0.813 bits per heavy atom. The van der Waals surface area contributed by atoms with Gasteiger partial charge in [-0.05, 0) is 107 Å². The summed E-state index contributed by atoms with van der Waals surface area (Å²) in [5, 5.41) is 27.3. The van der Waals surface area contributed by atoms with Gasteiger partial charge in [-0.3, -0.25) is 47.9 Å². The minimum Gasteiger partial charge on any atom is -0.501 e. The average Bonchev–Trinajstić information content (AvgIpc) is 1.46. The maximum Gasteiger partial charge on any atom is 0.403 e. The monoisotopic (exact) mass is 1800 g/mol. The Balaban J connectivity index is 0.000000152. The van der Waals surface area contributed by atoms with Gasteiger partial charge in [-0.1, -0.05) is 285 Å². The van der Waals surface area contributed by atoms with Crippen molar-refractivity contribution in [3.63, 3.8) is 0 Å². The second-order valence-corrected chi connectivity index (χ2v) is 30.0. The highest BCUT2D eigenvalue weighted by atomic mass is 16.7. The number of carbonyl (C=O) groups is 7. The first kappa shape index (κ1) is 95.5. The van der Waals surface area contributed by atoms with E-state index in [1.807, 2.05) is 261 Å². The fraction of sp³-hybridized carbons (Fsp3) is 0.132. The SMILES string of the molecule is Cc1cc(=O)c(O)c(C(=O)NCc2ccc(-c3ccccc3)cc2)o1.Cc1cc(=O)c(OCc2ccccc2)c(C(=O)NCc2ccc(-c3ccccc3)cc2)o1.Cc1cc(=O)c(OCc2ccccc2)c(C(=O)NCc2ccc(-c3ccccc3)cc2)o1.Cc1cc(=O)c(OCc2ccccc2)c(C(=O)O)o1.Cc1cc(=O)c(OCc2ccccc2)c(C(=O)ON2C(=O)CCC2=O)o1. The van der Waals surface area contributed by atoms with Crippen molar-refractivity contribution in [2.75, 3.05) is 0 Å². The van der Waals surface area contributed by atoms with Crippen LogP contribution in [0.3, 0.4) is 0 Å². The van der Waals surface area contributed by atoms with Gasteiger partial charge >= 0.3 is 11.9 Å².